The maximum atomic E-state index is 8.36. The zero-order chi connectivity index (χ0) is 25.9. The molecule has 0 spiro atoms. The molecule has 8 heteroatoms. The van der Waals surface area contributed by atoms with E-state index in [9.17, 15) is 0 Å². The molecule has 0 fully saturated rings. The maximum absolute atomic E-state index is 8.36. The minimum Gasteiger partial charge on any atom is -0.698 e. The monoisotopic (exact) mass is 578 g/mol. The van der Waals surface area contributed by atoms with Crippen LogP contribution in [0.25, 0.3) is 11.5 Å². The van der Waals surface area contributed by atoms with Crippen molar-refractivity contribution >= 4 is 56.1 Å². The van der Waals surface area contributed by atoms with Crippen LogP contribution in [0.2, 0.25) is 10.0 Å². The third-order valence-corrected chi connectivity index (χ3v) is 5.68. The van der Waals surface area contributed by atoms with Crippen LogP contribution in [0.15, 0.2) is 107 Å². The Labute approximate surface area is 233 Å². The van der Waals surface area contributed by atoms with E-state index in [-0.39, 0.29) is 0 Å². The molecule has 0 heterocycles. The van der Waals surface area contributed by atoms with Crippen LogP contribution >= 0.6 is 33.3 Å². The van der Waals surface area contributed by atoms with Gasteiger partial charge in [0.15, 0.2) is 0 Å². The van der Waals surface area contributed by atoms with Crippen molar-refractivity contribution in [2.45, 2.75) is 0 Å². The summed E-state index contributed by atoms with van der Waals surface area (Å²) in [6.45, 7) is 0.806. The third kappa shape index (κ3) is 7.35. The molecule has 0 amide bonds. The summed E-state index contributed by atoms with van der Waals surface area (Å²) in [4.78, 5) is 9.65. The van der Waals surface area contributed by atoms with Crippen molar-refractivity contribution in [1.29, 1.82) is 0 Å². The van der Waals surface area contributed by atoms with Crippen molar-refractivity contribution < 1.29 is 14.8 Å². The van der Waals surface area contributed by atoms with Gasteiger partial charge in [-0.25, -0.2) is 0 Å². The van der Waals surface area contributed by atoms with Crippen LogP contribution in [-0.4, -0.2) is 24.5 Å². The smallest absolute Gasteiger partial charge is 0.0707 e. The summed E-state index contributed by atoms with van der Waals surface area (Å²) < 4.78 is 0. The zero-order valence-corrected chi connectivity index (χ0v) is 22.3. The number of nitrogens with zero attached hydrogens (tertiary/aromatic N) is 2. The summed E-state index contributed by atoms with van der Waals surface area (Å²) >= 11 is 15.5. The predicted octanol–water partition coefficient (Wildman–Crippen LogP) is 9.42. The Bertz CT molecular complexity index is 1240. The minimum atomic E-state index is 0.359. The summed E-state index contributed by atoms with van der Waals surface area (Å²) in [6, 6.07) is 29.8. The molecule has 4 aromatic rings. The van der Waals surface area contributed by atoms with Crippen LogP contribution in [0, 0.1) is 0 Å². The van der Waals surface area contributed by atoms with Crippen molar-refractivity contribution in [3.63, 3.8) is 0 Å². The second kappa shape index (κ2) is 14.1. The molecular formula is C28H22Cl3CoN4. The van der Waals surface area contributed by atoms with Crippen molar-refractivity contribution in [2.24, 2.45) is 9.98 Å². The number of benzene rings is 4. The summed E-state index contributed by atoms with van der Waals surface area (Å²) in [6.07, 6.45) is 0. The molecule has 4 rings (SSSR count). The van der Waals surface area contributed by atoms with Crippen LogP contribution in [-0.2, 0) is 14.8 Å². The van der Waals surface area contributed by atoms with Gasteiger partial charge in [-0.2, -0.15) is 0 Å². The van der Waals surface area contributed by atoms with Gasteiger partial charge in [0.05, 0.1) is 24.5 Å². The Hall–Kier alpha value is -2.80. The quantitative estimate of drug-likeness (QED) is 0.155. The standard InChI is InChI=1S/C28H22Cl2N4.ClH.Co/c29-21-11-13-25(31)23(17-21)27(19-7-3-1-4-8-19)33-15-16-34-28(20-9-5-2-6-10-20)24-18-22(30)12-14-26(24)32;;/h1-14,17-18,31-32H,15-16H2;1H;/q-2;;+3/p-1. The summed E-state index contributed by atoms with van der Waals surface area (Å²) in [5, 5.41) is 1.12. The van der Waals surface area contributed by atoms with Crippen LogP contribution < -0.4 is 0 Å². The molecule has 4 aromatic carbocycles. The normalized spacial score (nSPS) is 11.6. The van der Waals surface area contributed by atoms with Gasteiger partial charge >= 0.3 is 25.0 Å². The largest absolute Gasteiger partial charge is 0.698 e. The third-order valence-electron chi connectivity index (χ3n) is 5.21. The Morgan fingerprint density at radius 1 is 0.583 bits per heavy atom. The number of rotatable bonds is 7. The van der Waals surface area contributed by atoms with Gasteiger partial charge in [0.25, 0.3) is 0 Å². The Kier molecular flexibility index (Phi) is 10.9. The van der Waals surface area contributed by atoms with E-state index in [0.29, 0.717) is 57.1 Å². The molecule has 0 aliphatic heterocycles. The number of aliphatic imine (C=N–C) groups is 2. The van der Waals surface area contributed by atoms with Gasteiger partial charge < -0.3 is 11.5 Å². The fourth-order valence-electron chi connectivity index (χ4n) is 3.60. The van der Waals surface area contributed by atoms with Crippen LogP contribution in [0.4, 0.5) is 11.4 Å². The first-order valence-corrected chi connectivity index (χ1v) is 13.1. The molecule has 0 bridgehead atoms. The van der Waals surface area contributed by atoms with Gasteiger partial charge in [0, 0.05) is 21.2 Å². The van der Waals surface area contributed by atoms with Crippen LogP contribution in [0.1, 0.15) is 22.3 Å². The first-order chi connectivity index (χ1) is 17.5. The molecule has 36 heavy (non-hydrogen) atoms. The van der Waals surface area contributed by atoms with Gasteiger partial charge in [0.1, 0.15) is 0 Å². The second-order valence-electron chi connectivity index (χ2n) is 7.57. The molecule has 0 aromatic heterocycles. The van der Waals surface area contributed by atoms with Gasteiger partial charge in [-0.05, 0) is 35.4 Å². The average molecular weight is 580 g/mol. The van der Waals surface area contributed by atoms with E-state index < -0.39 is 0 Å². The Morgan fingerprint density at radius 2 is 0.944 bits per heavy atom. The van der Waals surface area contributed by atoms with E-state index in [2.05, 4.69) is 25.0 Å². The molecule has 0 unspecified atom stereocenters. The number of nitrogens with one attached hydrogen (secondary N) is 2. The van der Waals surface area contributed by atoms with Crippen molar-refractivity contribution in [3.8, 4) is 0 Å². The Morgan fingerprint density at radius 3 is 1.31 bits per heavy atom. The summed E-state index contributed by atoms with van der Waals surface area (Å²) in [5.74, 6) is 0. The van der Waals surface area contributed by atoms with E-state index in [4.69, 9.17) is 44.7 Å². The Balaban J connectivity index is 0.00000176. The van der Waals surface area contributed by atoms with Gasteiger partial charge in [0.2, 0.25) is 0 Å². The van der Waals surface area contributed by atoms with E-state index in [1.807, 2.05) is 60.7 Å². The number of halogens is 3. The fourth-order valence-corrected chi connectivity index (χ4v) is 3.95. The van der Waals surface area contributed by atoms with Crippen LogP contribution in [0.3, 0.4) is 0 Å². The SMILES string of the molecule is [Cl][Co+2].[NH-]c1ccc(Cl)cc1C(=NCCN=C(c1ccccc1)c1cc(Cl)ccc1[NH-])c1ccccc1. The van der Waals surface area contributed by atoms with E-state index in [0.717, 1.165) is 11.1 Å². The maximum Gasteiger partial charge on any atom is 0.0707 e. The van der Waals surface area contributed by atoms with E-state index in [1.54, 1.807) is 36.4 Å². The molecule has 0 aliphatic carbocycles. The first-order valence-electron chi connectivity index (χ1n) is 10.9. The topological polar surface area (TPSA) is 72.3 Å². The van der Waals surface area contributed by atoms with E-state index in [1.165, 1.54) is 0 Å². The zero-order valence-electron chi connectivity index (χ0n) is 19.0. The van der Waals surface area contributed by atoms with Crippen molar-refractivity contribution in [1.82, 2.24) is 0 Å². The molecule has 0 atom stereocenters. The molecule has 0 saturated heterocycles. The van der Waals surface area contributed by atoms with Gasteiger partial charge in [-0.1, -0.05) is 96.0 Å². The molecule has 0 saturated carbocycles. The molecule has 2 N–H and O–H groups in total. The average Bonchev–Trinajstić information content (AvgIpc) is 2.92. The molecule has 4 nitrogen and oxygen atoms in total. The van der Waals surface area contributed by atoms with E-state index >= 15 is 0 Å². The molecular weight excluding hydrogens is 558 g/mol. The fraction of sp³-hybridized carbons (Fsp3) is 0.0714. The molecule has 0 aliphatic rings. The predicted molar refractivity (Wildman–Crippen MR) is 151 cm³/mol. The van der Waals surface area contributed by atoms with Crippen LogP contribution in [0.5, 0.6) is 0 Å². The van der Waals surface area contributed by atoms with Crippen molar-refractivity contribution in [3.05, 3.63) is 141 Å². The first kappa shape index (κ1) is 27.8. The van der Waals surface area contributed by atoms with Gasteiger partial charge in [-0.3, -0.25) is 9.98 Å². The number of hydrogen-bond donors (Lipinski definition) is 0. The summed E-state index contributed by atoms with van der Waals surface area (Å²) in [7, 11) is 4.33. The molecule has 184 valence electrons. The molecule has 0 radical (unpaired) electrons. The number of hydrogen-bond acceptors (Lipinski definition) is 2. The van der Waals surface area contributed by atoms with Gasteiger partial charge in [-0.15, -0.1) is 11.4 Å². The summed E-state index contributed by atoms with van der Waals surface area (Å²) in [5.41, 5.74) is 22.0. The minimum absolute atomic E-state index is 0.359. The second-order valence-corrected chi connectivity index (χ2v) is 8.45. The van der Waals surface area contributed by atoms with Crippen molar-refractivity contribution in [2.75, 3.05) is 13.1 Å².